The van der Waals surface area contributed by atoms with Crippen LogP contribution in [0.5, 0.6) is 5.75 Å². The Bertz CT molecular complexity index is 1600. The predicted octanol–water partition coefficient (Wildman–Crippen LogP) is 0.149. The molecule has 7 N–H and O–H groups in total. The number of hydrogen-bond acceptors (Lipinski definition) is 11. The molecule has 1 aromatic heterocycles. The number of nitrogens with zero attached hydrogens (tertiary/aromatic N) is 3. The molecule has 5 rings (SSSR count). The van der Waals surface area contributed by atoms with Gasteiger partial charge in [0.2, 0.25) is 5.78 Å². The minimum absolute atomic E-state index is 0.00675. The summed E-state index contributed by atoms with van der Waals surface area (Å²) in [6, 6.07) is 3.29. The second-order valence-corrected chi connectivity index (χ2v) is 10.8. The molecule has 0 saturated heterocycles. The third-order valence-electron chi connectivity index (χ3n) is 8.18. The van der Waals surface area contributed by atoms with Gasteiger partial charge in [0.1, 0.15) is 34.9 Å². The summed E-state index contributed by atoms with van der Waals surface area (Å²) in [5.74, 6) is -7.65. The molecular formula is C28H29N5O8. The van der Waals surface area contributed by atoms with Crippen molar-refractivity contribution in [2.24, 2.45) is 17.6 Å². The average Bonchev–Trinajstić information content (AvgIpc) is 2.89. The first-order valence-corrected chi connectivity index (χ1v) is 12.8. The quantitative estimate of drug-likeness (QED) is 0.269. The van der Waals surface area contributed by atoms with Crippen LogP contribution in [0.4, 0.5) is 0 Å². The molecule has 0 radical (unpaired) electrons. The van der Waals surface area contributed by atoms with Gasteiger partial charge in [0.15, 0.2) is 11.4 Å². The third-order valence-corrected chi connectivity index (χ3v) is 8.18. The van der Waals surface area contributed by atoms with Crippen LogP contribution in [-0.4, -0.2) is 84.4 Å². The molecular weight excluding hydrogens is 534 g/mol. The fraction of sp³-hybridized carbons (Fsp3) is 0.357. The van der Waals surface area contributed by atoms with Crippen LogP contribution in [-0.2, 0) is 22.6 Å². The highest BCUT2D eigenvalue weighted by Crippen LogP contribution is 2.52. The van der Waals surface area contributed by atoms with E-state index in [1.807, 2.05) is 0 Å². The summed E-state index contributed by atoms with van der Waals surface area (Å²) in [5, 5.41) is 47.3. The van der Waals surface area contributed by atoms with E-state index in [9.17, 15) is 39.6 Å². The first kappa shape index (κ1) is 27.9. The van der Waals surface area contributed by atoms with Gasteiger partial charge in [-0.3, -0.25) is 24.1 Å². The number of nitrogens with one attached hydrogen (secondary N) is 1. The van der Waals surface area contributed by atoms with Gasteiger partial charge in [-0.25, -0.2) is 9.97 Å². The van der Waals surface area contributed by atoms with Crippen LogP contribution in [0.1, 0.15) is 44.1 Å². The van der Waals surface area contributed by atoms with Crippen molar-refractivity contribution >= 4 is 23.4 Å². The molecule has 41 heavy (non-hydrogen) atoms. The predicted molar refractivity (Wildman–Crippen MR) is 142 cm³/mol. The summed E-state index contributed by atoms with van der Waals surface area (Å²) >= 11 is 0. The van der Waals surface area contributed by atoms with Gasteiger partial charge in [-0.2, -0.15) is 0 Å². The molecule has 214 valence electrons. The number of nitrogens with two attached hydrogens (primary N) is 1. The number of phenols is 1. The minimum Gasteiger partial charge on any atom is -0.510 e. The second-order valence-electron chi connectivity index (χ2n) is 10.8. The number of fused-ring (bicyclic) bond motifs is 3. The molecule has 0 fully saturated rings. The van der Waals surface area contributed by atoms with Crippen LogP contribution < -0.4 is 11.1 Å². The van der Waals surface area contributed by atoms with Crippen molar-refractivity contribution in [3.05, 3.63) is 75.3 Å². The molecule has 13 nitrogen and oxygen atoms in total. The zero-order chi connectivity index (χ0) is 30.0. The SMILES string of the molecule is Cc1cc(C(=O)NCc2ccc(O)c3c2CC2CC4C(N(C)C)C(O)=C(C(N)=O)C(=O)C4(O)C(O)=C2C3=O)ncn1. The maximum absolute atomic E-state index is 13.8. The number of likely N-dealkylation sites (N-methyl/N-ethyl adjacent to an activating group) is 1. The van der Waals surface area contributed by atoms with E-state index in [4.69, 9.17) is 5.73 Å². The van der Waals surface area contributed by atoms with Gasteiger partial charge in [-0.1, -0.05) is 6.07 Å². The van der Waals surface area contributed by atoms with Crippen molar-refractivity contribution < 1.29 is 39.6 Å². The third kappa shape index (κ3) is 4.16. The molecule has 2 amide bonds. The number of rotatable bonds is 5. The number of hydrogen-bond donors (Lipinski definition) is 6. The van der Waals surface area contributed by atoms with Crippen LogP contribution in [0.15, 0.2) is 47.2 Å². The smallest absolute Gasteiger partial charge is 0.270 e. The number of Topliss-reactive ketones (excluding diaryl/α,β-unsaturated/α-hetero) is 2. The topological polar surface area (TPSA) is 216 Å². The molecule has 0 spiro atoms. The van der Waals surface area contributed by atoms with Crippen LogP contribution in [0.2, 0.25) is 0 Å². The van der Waals surface area contributed by atoms with Crippen molar-refractivity contribution in [1.82, 2.24) is 20.2 Å². The molecule has 2 aromatic rings. The summed E-state index contributed by atoms with van der Waals surface area (Å²) in [6.07, 6.45) is 1.35. The molecule has 3 aliphatic carbocycles. The maximum atomic E-state index is 13.8. The summed E-state index contributed by atoms with van der Waals surface area (Å²) in [5.41, 5.74) is 3.13. The molecule has 0 aliphatic heterocycles. The Morgan fingerprint density at radius 2 is 1.88 bits per heavy atom. The van der Waals surface area contributed by atoms with Crippen molar-refractivity contribution in [3.63, 3.8) is 0 Å². The van der Waals surface area contributed by atoms with Gasteiger partial charge >= 0.3 is 0 Å². The normalized spacial score (nSPS) is 25.5. The van der Waals surface area contributed by atoms with Crippen LogP contribution >= 0.6 is 0 Å². The summed E-state index contributed by atoms with van der Waals surface area (Å²) in [7, 11) is 3.12. The summed E-state index contributed by atoms with van der Waals surface area (Å²) in [4.78, 5) is 61.3. The maximum Gasteiger partial charge on any atom is 0.270 e. The van der Waals surface area contributed by atoms with Gasteiger partial charge in [-0.15, -0.1) is 0 Å². The molecule has 3 aliphatic rings. The lowest BCUT2D eigenvalue weighted by atomic mass is 9.58. The van der Waals surface area contributed by atoms with E-state index in [2.05, 4.69) is 15.3 Å². The highest BCUT2D eigenvalue weighted by atomic mass is 16.3. The number of aryl methyl sites for hydroxylation is 1. The van der Waals surface area contributed by atoms with E-state index in [1.54, 1.807) is 27.1 Å². The zero-order valence-electron chi connectivity index (χ0n) is 22.5. The molecule has 0 saturated carbocycles. The Morgan fingerprint density at radius 3 is 2.51 bits per heavy atom. The number of aromatic hydroxyl groups is 1. The standard InChI is InChI=1S/C28H29N5O8/c1-11-6-16(32-10-31-11)27(40)30-9-12-4-5-17(34)19-14(12)7-13-8-15-21(33(2)3)23(36)20(26(29)39)25(38)28(15,41)24(37)18(13)22(19)35/h4-6,10,13,15,21,34,36-37,41H,7-9H2,1-3H3,(H2,29,39)(H,30,40). The lowest BCUT2D eigenvalue weighted by molar-refractivity contribution is -0.148. The number of aromatic nitrogens is 2. The molecule has 1 heterocycles. The fourth-order valence-corrected chi connectivity index (χ4v) is 6.33. The Kier molecular flexibility index (Phi) is 6.66. The fourth-order valence-electron chi connectivity index (χ4n) is 6.33. The van der Waals surface area contributed by atoms with Gasteiger partial charge in [-0.05, 0) is 63.0 Å². The number of carbonyl (C=O) groups is 4. The number of phenolic OH excluding ortho intramolecular Hbond substituents is 1. The van der Waals surface area contributed by atoms with Crippen molar-refractivity contribution in [2.45, 2.75) is 38.0 Å². The van der Waals surface area contributed by atoms with Gasteiger partial charge in [0, 0.05) is 23.7 Å². The minimum atomic E-state index is -2.71. The van der Waals surface area contributed by atoms with E-state index < -0.39 is 64.0 Å². The Hall–Kier alpha value is -4.62. The number of carbonyl (C=O) groups excluding carboxylic acids is 4. The number of aliphatic hydroxyl groups is 3. The monoisotopic (exact) mass is 563 g/mol. The highest BCUT2D eigenvalue weighted by molar-refractivity contribution is 6.24. The van der Waals surface area contributed by atoms with Gasteiger partial charge in [0.25, 0.3) is 11.8 Å². The Morgan fingerprint density at radius 1 is 1.17 bits per heavy atom. The van der Waals surface area contributed by atoms with E-state index in [0.717, 1.165) is 0 Å². The van der Waals surface area contributed by atoms with E-state index >= 15 is 0 Å². The number of benzene rings is 1. The molecule has 0 bridgehead atoms. The van der Waals surface area contributed by atoms with Crippen LogP contribution in [0, 0.1) is 18.8 Å². The van der Waals surface area contributed by atoms with E-state index in [-0.39, 0.29) is 42.0 Å². The lowest BCUT2D eigenvalue weighted by Crippen LogP contribution is -2.63. The highest BCUT2D eigenvalue weighted by Gasteiger charge is 2.63. The van der Waals surface area contributed by atoms with Crippen molar-refractivity contribution in [1.29, 1.82) is 0 Å². The van der Waals surface area contributed by atoms with Gasteiger partial charge in [0.05, 0.1) is 11.6 Å². The molecule has 1 aromatic carbocycles. The Balaban J connectivity index is 1.57. The largest absolute Gasteiger partial charge is 0.510 e. The number of aliphatic hydroxyl groups excluding tert-OH is 2. The van der Waals surface area contributed by atoms with Gasteiger partial charge < -0.3 is 31.5 Å². The number of amides is 2. The van der Waals surface area contributed by atoms with E-state index in [1.165, 1.54) is 23.4 Å². The molecule has 4 atom stereocenters. The summed E-state index contributed by atoms with van der Waals surface area (Å²) in [6.45, 7) is 1.71. The molecule has 13 heteroatoms. The number of primary amides is 1. The number of allylic oxidation sites excluding steroid dienone is 1. The second kappa shape index (κ2) is 9.78. The van der Waals surface area contributed by atoms with Crippen molar-refractivity contribution in [2.75, 3.05) is 14.1 Å². The zero-order valence-corrected chi connectivity index (χ0v) is 22.5. The first-order chi connectivity index (χ1) is 19.3. The average molecular weight is 564 g/mol. The first-order valence-electron chi connectivity index (χ1n) is 12.8. The van der Waals surface area contributed by atoms with E-state index in [0.29, 0.717) is 16.8 Å². The lowest BCUT2D eigenvalue weighted by Gasteiger charge is -2.50. The van der Waals surface area contributed by atoms with Crippen LogP contribution in [0.3, 0.4) is 0 Å². The number of ketones is 2. The molecule has 4 unspecified atom stereocenters. The van der Waals surface area contributed by atoms with Crippen LogP contribution in [0.25, 0.3) is 0 Å². The Labute approximate surface area is 234 Å². The van der Waals surface area contributed by atoms with Crippen molar-refractivity contribution in [3.8, 4) is 5.75 Å². The summed E-state index contributed by atoms with van der Waals surface area (Å²) < 4.78 is 0.